The number of sulfonamides is 1. The molecule has 27 heavy (non-hydrogen) atoms. The zero-order valence-corrected chi connectivity index (χ0v) is 16.0. The summed E-state index contributed by atoms with van der Waals surface area (Å²) in [5, 5.41) is 4.00. The smallest absolute Gasteiger partial charge is 0.243 e. The molecule has 9 heteroatoms. The van der Waals surface area contributed by atoms with Gasteiger partial charge in [-0.15, -0.1) is 0 Å². The van der Waals surface area contributed by atoms with E-state index in [9.17, 15) is 13.2 Å². The van der Waals surface area contributed by atoms with E-state index in [1.54, 1.807) is 24.0 Å². The van der Waals surface area contributed by atoms with Crippen molar-refractivity contribution >= 4 is 21.6 Å². The maximum absolute atomic E-state index is 13.3. The number of nitrogens with zero attached hydrogens (tertiary/aromatic N) is 3. The zero-order chi connectivity index (χ0) is 19.2. The van der Waals surface area contributed by atoms with Crippen molar-refractivity contribution in [3.8, 4) is 5.75 Å². The van der Waals surface area contributed by atoms with Crippen molar-refractivity contribution in [3.05, 3.63) is 35.7 Å². The molecule has 1 unspecified atom stereocenters. The van der Waals surface area contributed by atoms with E-state index >= 15 is 0 Å². The van der Waals surface area contributed by atoms with E-state index in [1.165, 1.54) is 23.4 Å². The molecule has 0 aliphatic carbocycles. The first-order valence-electron chi connectivity index (χ1n) is 8.88. The average Bonchev–Trinajstić information content (AvgIpc) is 3.29. The van der Waals surface area contributed by atoms with Crippen LogP contribution in [0.15, 0.2) is 33.7 Å². The summed E-state index contributed by atoms with van der Waals surface area (Å²) < 4.78 is 38.7. The second-order valence-electron chi connectivity index (χ2n) is 6.78. The number of aryl methyl sites for hydroxylation is 1. The second-order valence-corrected chi connectivity index (χ2v) is 8.68. The Bertz CT molecular complexity index is 985. The van der Waals surface area contributed by atoms with Gasteiger partial charge in [-0.2, -0.15) is 4.31 Å². The van der Waals surface area contributed by atoms with Crippen molar-refractivity contribution in [1.29, 1.82) is 0 Å². The van der Waals surface area contributed by atoms with Gasteiger partial charge in [0.05, 0.1) is 23.2 Å². The van der Waals surface area contributed by atoms with E-state index in [0.717, 1.165) is 6.42 Å². The lowest BCUT2D eigenvalue weighted by Gasteiger charge is -2.29. The highest BCUT2D eigenvalue weighted by Crippen LogP contribution is 2.39. The summed E-state index contributed by atoms with van der Waals surface area (Å²) in [5.74, 6) is 0.961. The lowest BCUT2D eigenvalue weighted by molar-refractivity contribution is -0.116. The summed E-state index contributed by atoms with van der Waals surface area (Å²) in [7, 11) is -3.73. The van der Waals surface area contributed by atoms with Gasteiger partial charge in [-0.05, 0) is 31.9 Å². The minimum Gasteiger partial charge on any atom is -0.489 e. The highest BCUT2D eigenvalue weighted by molar-refractivity contribution is 7.89. The summed E-state index contributed by atoms with van der Waals surface area (Å²) in [4.78, 5) is 13.5. The van der Waals surface area contributed by atoms with Crippen molar-refractivity contribution in [2.45, 2.75) is 37.6 Å². The number of anilines is 1. The molecule has 1 aromatic carbocycles. The number of benzene rings is 1. The fraction of sp³-hybridized carbons (Fsp3) is 0.444. The lowest BCUT2D eigenvalue weighted by atomic mass is 10.1. The first-order valence-corrected chi connectivity index (χ1v) is 10.3. The van der Waals surface area contributed by atoms with Crippen LogP contribution in [-0.4, -0.2) is 43.5 Å². The monoisotopic (exact) mass is 391 g/mol. The lowest BCUT2D eigenvalue weighted by Crippen LogP contribution is -2.36. The Balaban J connectivity index is 1.69. The number of hydrogen-bond donors (Lipinski definition) is 0. The van der Waals surface area contributed by atoms with Crippen LogP contribution >= 0.6 is 0 Å². The Labute approximate surface area is 157 Å². The Kier molecular flexibility index (Phi) is 4.43. The first kappa shape index (κ1) is 18.0. The summed E-state index contributed by atoms with van der Waals surface area (Å²) in [6.07, 6.45) is 1.46. The number of rotatable bonds is 3. The molecule has 0 spiro atoms. The minimum atomic E-state index is -3.73. The van der Waals surface area contributed by atoms with Crippen molar-refractivity contribution in [3.63, 3.8) is 0 Å². The molecule has 2 aliphatic rings. The maximum atomic E-state index is 13.3. The third-order valence-electron chi connectivity index (χ3n) is 4.97. The highest BCUT2D eigenvalue weighted by atomic mass is 32.2. The highest BCUT2D eigenvalue weighted by Gasteiger charge is 2.38. The number of amides is 1. The van der Waals surface area contributed by atoms with Crippen molar-refractivity contribution < 1.29 is 22.5 Å². The van der Waals surface area contributed by atoms with Gasteiger partial charge in [0, 0.05) is 25.6 Å². The van der Waals surface area contributed by atoms with Gasteiger partial charge in [0.2, 0.25) is 15.9 Å². The van der Waals surface area contributed by atoms with E-state index in [-0.39, 0.29) is 16.8 Å². The van der Waals surface area contributed by atoms with E-state index in [4.69, 9.17) is 9.26 Å². The van der Waals surface area contributed by atoms with Gasteiger partial charge in [-0.3, -0.25) is 4.79 Å². The van der Waals surface area contributed by atoms with Crippen LogP contribution in [0.1, 0.15) is 37.3 Å². The largest absolute Gasteiger partial charge is 0.489 e. The number of carbonyl (C=O) groups is 1. The molecule has 0 bridgehead atoms. The molecule has 144 valence electrons. The predicted octanol–water partition coefficient (Wildman–Crippen LogP) is 2.25. The molecule has 1 aromatic heterocycles. The van der Waals surface area contributed by atoms with E-state index in [1.807, 2.05) is 0 Å². The minimum absolute atomic E-state index is 0.101. The van der Waals surface area contributed by atoms with Gasteiger partial charge in [0.25, 0.3) is 0 Å². The summed E-state index contributed by atoms with van der Waals surface area (Å²) >= 11 is 0. The van der Waals surface area contributed by atoms with Crippen LogP contribution in [0.2, 0.25) is 0 Å². The summed E-state index contributed by atoms with van der Waals surface area (Å²) in [6.45, 7) is 4.48. The summed E-state index contributed by atoms with van der Waals surface area (Å²) in [5.41, 5.74) is 1.23. The average molecular weight is 391 g/mol. The zero-order valence-electron chi connectivity index (χ0n) is 15.2. The Morgan fingerprint density at radius 3 is 2.78 bits per heavy atom. The van der Waals surface area contributed by atoms with E-state index in [2.05, 4.69) is 5.16 Å². The van der Waals surface area contributed by atoms with Gasteiger partial charge in [0.1, 0.15) is 23.8 Å². The van der Waals surface area contributed by atoms with Gasteiger partial charge < -0.3 is 14.2 Å². The fourth-order valence-corrected chi connectivity index (χ4v) is 5.37. The van der Waals surface area contributed by atoms with Crippen LogP contribution in [0.4, 0.5) is 5.69 Å². The predicted molar refractivity (Wildman–Crippen MR) is 97.1 cm³/mol. The van der Waals surface area contributed by atoms with Crippen molar-refractivity contribution in [2.24, 2.45) is 0 Å². The van der Waals surface area contributed by atoms with Crippen molar-refractivity contribution in [1.82, 2.24) is 9.46 Å². The van der Waals surface area contributed by atoms with Gasteiger partial charge >= 0.3 is 0 Å². The Hall–Kier alpha value is -2.39. The van der Waals surface area contributed by atoms with Crippen molar-refractivity contribution in [2.75, 3.05) is 24.6 Å². The molecule has 0 radical (unpaired) electrons. The molecular weight excluding hydrogens is 370 g/mol. The summed E-state index contributed by atoms with van der Waals surface area (Å²) in [6, 6.07) is 6.11. The van der Waals surface area contributed by atoms with Crippen LogP contribution in [0.25, 0.3) is 0 Å². The number of aromatic nitrogens is 1. The number of fused-ring (bicyclic) bond motifs is 1. The second kappa shape index (κ2) is 6.65. The quantitative estimate of drug-likeness (QED) is 0.797. The third kappa shape index (κ3) is 3.10. The molecule has 1 fully saturated rings. The first-order chi connectivity index (χ1) is 12.9. The van der Waals surface area contributed by atoms with Crippen LogP contribution in [0.3, 0.4) is 0 Å². The van der Waals surface area contributed by atoms with Crippen LogP contribution in [0, 0.1) is 6.92 Å². The topological polar surface area (TPSA) is 93.0 Å². The van der Waals surface area contributed by atoms with Crippen LogP contribution in [0.5, 0.6) is 5.75 Å². The molecule has 0 N–H and O–H groups in total. The van der Waals surface area contributed by atoms with Gasteiger partial charge in [-0.1, -0.05) is 5.16 Å². The molecular formula is C18H21N3O5S. The van der Waals surface area contributed by atoms with Crippen LogP contribution in [-0.2, 0) is 14.8 Å². The standard InChI is InChI=1S/C18H21N3O5S/c1-12-10-15(19-26-12)16-4-3-7-21(16)27(23,24)14-5-6-17-18(11-14)25-9-8-20(17)13(2)22/h5-6,10-11,16H,3-4,7-9H2,1-2H3. The molecule has 1 amide bonds. The molecule has 2 aromatic rings. The molecule has 2 aliphatic heterocycles. The Morgan fingerprint density at radius 2 is 2.07 bits per heavy atom. The number of ether oxygens (including phenoxy) is 1. The SMILES string of the molecule is CC(=O)N1CCOc2cc(S(=O)(=O)N3CCCC3c3cc(C)on3)ccc21. The third-order valence-corrected chi connectivity index (χ3v) is 6.88. The molecule has 3 heterocycles. The normalized spacial score (nSPS) is 20.4. The Morgan fingerprint density at radius 1 is 1.26 bits per heavy atom. The number of hydrogen-bond acceptors (Lipinski definition) is 6. The molecule has 8 nitrogen and oxygen atoms in total. The van der Waals surface area contributed by atoms with E-state index < -0.39 is 10.0 Å². The van der Waals surface area contributed by atoms with E-state index in [0.29, 0.717) is 49.0 Å². The molecule has 1 saturated heterocycles. The number of carbonyl (C=O) groups excluding carboxylic acids is 1. The molecule has 4 rings (SSSR count). The van der Waals surface area contributed by atoms with Gasteiger partial charge in [-0.25, -0.2) is 8.42 Å². The molecule has 1 atom stereocenters. The van der Waals surface area contributed by atoms with Crippen LogP contribution < -0.4 is 9.64 Å². The fourth-order valence-electron chi connectivity index (χ4n) is 3.69. The van der Waals surface area contributed by atoms with Gasteiger partial charge in [0.15, 0.2) is 0 Å². The maximum Gasteiger partial charge on any atom is 0.243 e. The molecule has 0 saturated carbocycles.